The number of hydrogen-bond acceptors (Lipinski definition) is 2. The minimum absolute atomic E-state index is 0.0418. The second-order valence-electron chi connectivity index (χ2n) is 4.70. The first kappa shape index (κ1) is 14.1. The summed E-state index contributed by atoms with van der Waals surface area (Å²) in [6.45, 7) is 9.58. The van der Waals surface area contributed by atoms with Crippen LogP contribution >= 0.6 is 0 Å². The summed E-state index contributed by atoms with van der Waals surface area (Å²) < 4.78 is 13.9. The third kappa shape index (κ3) is 3.27. The molecule has 0 radical (unpaired) electrons. The highest BCUT2D eigenvalue weighted by Gasteiger charge is 2.22. The van der Waals surface area contributed by atoms with Crippen molar-refractivity contribution >= 4 is 0 Å². The fourth-order valence-electron chi connectivity index (χ4n) is 2.30. The molecule has 1 atom stereocenters. The largest absolute Gasteiger partial charge is 0.329 e. The monoisotopic (exact) mass is 238 g/mol. The lowest BCUT2D eigenvalue weighted by molar-refractivity contribution is 0.163. The Balaban J connectivity index is 3.11. The number of nitrogens with two attached hydrogens (primary N) is 1. The summed E-state index contributed by atoms with van der Waals surface area (Å²) in [6.07, 6.45) is 0. The van der Waals surface area contributed by atoms with Gasteiger partial charge in [0.25, 0.3) is 0 Å². The predicted molar refractivity (Wildman–Crippen MR) is 70.4 cm³/mol. The van der Waals surface area contributed by atoms with Crippen LogP contribution in [0.1, 0.15) is 37.9 Å². The molecule has 0 saturated heterocycles. The number of rotatable bonds is 5. The SMILES string of the molecule is CCN(C(C)C)C(CN)c1cc(C)ccc1F. The molecular weight excluding hydrogens is 215 g/mol. The van der Waals surface area contributed by atoms with Crippen LogP contribution in [0.5, 0.6) is 0 Å². The number of likely N-dealkylation sites (N-methyl/N-ethyl adjacent to an activating group) is 1. The summed E-state index contributed by atoms with van der Waals surface area (Å²) in [5.41, 5.74) is 7.61. The van der Waals surface area contributed by atoms with Gasteiger partial charge < -0.3 is 5.73 Å². The van der Waals surface area contributed by atoms with E-state index in [9.17, 15) is 4.39 Å². The van der Waals surface area contributed by atoms with E-state index in [1.54, 1.807) is 6.07 Å². The molecule has 0 spiro atoms. The van der Waals surface area contributed by atoms with E-state index >= 15 is 0 Å². The van der Waals surface area contributed by atoms with Crippen molar-refractivity contribution in [3.05, 3.63) is 35.1 Å². The summed E-state index contributed by atoms with van der Waals surface area (Å²) in [7, 11) is 0. The second kappa shape index (κ2) is 6.12. The van der Waals surface area contributed by atoms with Crippen LogP contribution in [0.15, 0.2) is 18.2 Å². The molecule has 3 heteroatoms. The zero-order chi connectivity index (χ0) is 13.0. The summed E-state index contributed by atoms with van der Waals surface area (Å²) in [5, 5.41) is 0. The van der Waals surface area contributed by atoms with Gasteiger partial charge in [-0.1, -0.05) is 24.6 Å². The standard InChI is InChI=1S/C14H23FN2/c1-5-17(10(2)3)14(9-16)12-8-11(4)6-7-13(12)15/h6-8,10,14H,5,9,16H2,1-4H3. The van der Waals surface area contributed by atoms with Crippen LogP contribution in [-0.2, 0) is 0 Å². The maximum Gasteiger partial charge on any atom is 0.128 e. The molecule has 1 aromatic rings. The van der Waals surface area contributed by atoms with Crippen molar-refractivity contribution in [1.29, 1.82) is 0 Å². The average Bonchev–Trinajstić information content (AvgIpc) is 2.28. The third-order valence-electron chi connectivity index (χ3n) is 3.16. The zero-order valence-corrected chi connectivity index (χ0v) is 11.2. The highest BCUT2D eigenvalue weighted by Crippen LogP contribution is 2.25. The van der Waals surface area contributed by atoms with Crippen LogP contribution < -0.4 is 5.73 Å². The highest BCUT2D eigenvalue weighted by atomic mass is 19.1. The van der Waals surface area contributed by atoms with Crippen LogP contribution in [-0.4, -0.2) is 24.0 Å². The van der Waals surface area contributed by atoms with E-state index in [1.807, 2.05) is 13.0 Å². The number of nitrogens with zero attached hydrogens (tertiary/aromatic N) is 1. The van der Waals surface area contributed by atoms with Crippen molar-refractivity contribution in [2.75, 3.05) is 13.1 Å². The van der Waals surface area contributed by atoms with Crippen LogP contribution in [0.2, 0.25) is 0 Å². The first-order valence-electron chi connectivity index (χ1n) is 6.23. The Bertz CT molecular complexity index is 363. The van der Waals surface area contributed by atoms with Gasteiger partial charge in [-0.15, -0.1) is 0 Å². The quantitative estimate of drug-likeness (QED) is 0.854. The maximum atomic E-state index is 13.9. The Kier molecular flexibility index (Phi) is 5.09. The van der Waals surface area contributed by atoms with Crippen molar-refractivity contribution in [2.24, 2.45) is 5.73 Å². The summed E-state index contributed by atoms with van der Waals surface area (Å²) in [4.78, 5) is 2.22. The van der Waals surface area contributed by atoms with E-state index in [0.717, 1.165) is 12.1 Å². The van der Waals surface area contributed by atoms with Crippen LogP contribution in [0.25, 0.3) is 0 Å². The molecule has 0 fully saturated rings. The second-order valence-corrected chi connectivity index (χ2v) is 4.70. The van der Waals surface area contributed by atoms with E-state index in [0.29, 0.717) is 18.2 Å². The predicted octanol–water partition coefficient (Wildman–Crippen LogP) is 2.86. The van der Waals surface area contributed by atoms with Crippen molar-refractivity contribution < 1.29 is 4.39 Å². The lowest BCUT2D eigenvalue weighted by atomic mass is 10.0. The molecule has 17 heavy (non-hydrogen) atoms. The highest BCUT2D eigenvalue weighted by molar-refractivity contribution is 5.27. The molecule has 0 saturated carbocycles. The fourth-order valence-corrected chi connectivity index (χ4v) is 2.30. The number of benzene rings is 1. The van der Waals surface area contributed by atoms with Gasteiger partial charge in [0.05, 0.1) is 6.04 Å². The molecule has 0 bridgehead atoms. The zero-order valence-electron chi connectivity index (χ0n) is 11.2. The molecule has 2 nitrogen and oxygen atoms in total. The molecule has 1 unspecified atom stereocenters. The fraction of sp³-hybridized carbons (Fsp3) is 0.571. The van der Waals surface area contributed by atoms with Gasteiger partial charge >= 0.3 is 0 Å². The molecule has 0 aliphatic carbocycles. The Morgan fingerprint density at radius 3 is 2.47 bits per heavy atom. The van der Waals surface area contributed by atoms with Crippen LogP contribution in [0, 0.1) is 12.7 Å². The minimum atomic E-state index is -0.162. The molecule has 2 N–H and O–H groups in total. The summed E-state index contributed by atoms with van der Waals surface area (Å²) in [5.74, 6) is -0.162. The lowest BCUT2D eigenvalue weighted by Gasteiger charge is -2.33. The Morgan fingerprint density at radius 1 is 1.35 bits per heavy atom. The number of halogens is 1. The molecule has 1 aromatic carbocycles. The van der Waals surface area contributed by atoms with Crippen LogP contribution in [0.4, 0.5) is 4.39 Å². The molecule has 1 rings (SSSR count). The smallest absolute Gasteiger partial charge is 0.128 e. The molecule has 0 amide bonds. The Labute approximate surface area is 104 Å². The van der Waals surface area contributed by atoms with Crippen molar-refractivity contribution in [3.8, 4) is 0 Å². The molecular formula is C14H23FN2. The first-order chi connectivity index (χ1) is 8.01. The van der Waals surface area contributed by atoms with Gasteiger partial charge in [-0.3, -0.25) is 4.90 Å². The van der Waals surface area contributed by atoms with Gasteiger partial charge in [0.2, 0.25) is 0 Å². The Morgan fingerprint density at radius 2 is 2.00 bits per heavy atom. The van der Waals surface area contributed by atoms with Gasteiger partial charge in [-0.25, -0.2) is 4.39 Å². The first-order valence-corrected chi connectivity index (χ1v) is 6.23. The van der Waals surface area contributed by atoms with Crippen molar-refractivity contribution in [2.45, 2.75) is 39.8 Å². The summed E-state index contributed by atoms with van der Waals surface area (Å²) >= 11 is 0. The minimum Gasteiger partial charge on any atom is -0.329 e. The van der Waals surface area contributed by atoms with Crippen LogP contribution in [0.3, 0.4) is 0 Å². The van der Waals surface area contributed by atoms with Gasteiger partial charge in [0, 0.05) is 18.2 Å². The van der Waals surface area contributed by atoms with Gasteiger partial charge in [-0.05, 0) is 33.4 Å². The van der Waals surface area contributed by atoms with Crippen molar-refractivity contribution in [3.63, 3.8) is 0 Å². The Hall–Kier alpha value is -0.930. The average molecular weight is 238 g/mol. The molecule has 0 aromatic heterocycles. The molecule has 96 valence electrons. The third-order valence-corrected chi connectivity index (χ3v) is 3.16. The number of hydrogen-bond donors (Lipinski definition) is 1. The maximum absolute atomic E-state index is 13.9. The van der Waals surface area contributed by atoms with E-state index in [1.165, 1.54) is 6.07 Å². The molecule has 0 heterocycles. The number of aryl methyl sites for hydroxylation is 1. The van der Waals surface area contributed by atoms with Gasteiger partial charge in [0.15, 0.2) is 0 Å². The van der Waals surface area contributed by atoms with Gasteiger partial charge in [0.1, 0.15) is 5.82 Å². The topological polar surface area (TPSA) is 29.3 Å². The van der Waals surface area contributed by atoms with E-state index in [4.69, 9.17) is 5.73 Å². The van der Waals surface area contributed by atoms with E-state index in [2.05, 4.69) is 25.7 Å². The van der Waals surface area contributed by atoms with Gasteiger partial charge in [-0.2, -0.15) is 0 Å². The molecule has 0 aliphatic heterocycles. The van der Waals surface area contributed by atoms with E-state index < -0.39 is 0 Å². The van der Waals surface area contributed by atoms with Crippen molar-refractivity contribution in [1.82, 2.24) is 4.90 Å². The summed E-state index contributed by atoms with van der Waals surface area (Å²) in [6, 6.07) is 5.53. The normalized spacial score (nSPS) is 13.4. The lowest BCUT2D eigenvalue weighted by Crippen LogP contribution is -2.39. The molecule has 0 aliphatic rings. The van der Waals surface area contributed by atoms with E-state index in [-0.39, 0.29) is 11.9 Å².